The molecule has 0 spiro atoms. The molecule has 1 N–H and O–H groups in total. The first-order chi connectivity index (χ1) is 12.8. The summed E-state index contributed by atoms with van der Waals surface area (Å²) in [5.74, 6) is 0.0647. The molecule has 4 rings (SSSR count). The quantitative estimate of drug-likeness (QED) is 0.462. The number of rotatable bonds is 1. The van der Waals surface area contributed by atoms with Crippen molar-refractivity contribution in [2.24, 2.45) is 0 Å². The van der Waals surface area contributed by atoms with Gasteiger partial charge >= 0.3 is 6.18 Å². The lowest BCUT2D eigenvalue weighted by molar-refractivity contribution is -0.136. The zero-order valence-corrected chi connectivity index (χ0v) is 14.6. The van der Waals surface area contributed by atoms with Gasteiger partial charge in [-0.15, -0.1) is 0 Å². The number of fused-ring (bicyclic) bond motifs is 2. The second-order valence-corrected chi connectivity index (χ2v) is 6.46. The Hall–Kier alpha value is -3.15. The summed E-state index contributed by atoms with van der Waals surface area (Å²) in [6.45, 7) is 3.53. The molecule has 0 saturated carbocycles. The first-order valence-electron chi connectivity index (χ1n) is 8.33. The molecule has 6 heteroatoms. The van der Waals surface area contributed by atoms with Crippen molar-refractivity contribution in [3.63, 3.8) is 0 Å². The van der Waals surface area contributed by atoms with E-state index >= 15 is 0 Å². The summed E-state index contributed by atoms with van der Waals surface area (Å²) in [5.41, 5.74) is 2.56. The number of phenols is 1. The first kappa shape index (κ1) is 17.3. The molecule has 2 aromatic carbocycles. The SMILES string of the molecule is Cc1nc2cccc(C(F)(F)F)c2cc1-c1cc2cccc(O)c2nc1C. The molecule has 0 unspecified atom stereocenters. The Morgan fingerprint density at radius 2 is 1.52 bits per heavy atom. The molecule has 27 heavy (non-hydrogen) atoms. The Morgan fingerprint density at radius 1 is 0.852 bits per heavy atom. The second kappa shape index (κ2) is 5.94. The fourth-order valence-corrected chi connectivity index (χ4v) is 3.36. The molecule has 2 heterocycles. The van der Waals surface area contributed by atoms with Gasteiger partial charge in [0, 0.05) is 33.3 Å². The van der Waals surface area contributed by atoms with Crippen molar-refractivity contribution in [2.45, 2.75) is 20.0 Å². The predicted octanol–water partition coefficient (Wildman–Crippen LogP) is 5.79. The number of hydrogen-bond acceptors (Lipinski definition) is 3. The van der Waals surface area contributed by atoms with E-state index in [1.165, 1.54) is 12.1 Å². The Balaban J connectivity index is 2.03. The van der Waals surface area contributed by atoms with E-state index < -0.39 is 11.7 Å². The third-order valence-electron chi connectivity index (χ3n) is 4.66. The molecule has 0 bridgehead atoms. The summed E-state index contributed by atoms with van der Waals surface area (Å²) in [6, 6.07) is 12.4. The van der Waals surface area contributed by atoms with Crippen LogP contribution in [0.15, 0.2) is 48.5 Å². The number of pyridine rings is 2. The average molecular weight is 368 g/mol. The monoisotopic (exact) mass is 368 g/mol. The highest BCUT2D eigenvalue weighted by atomic mass is 19.4. The zero-order valence-electron chi connectivity index (χ0n) is 14.6. The van der Waals surface area contributed by atoms with Gasteiger partial charge in [0.2, 0.25) is 0 Å². The van der Waals surface area contributed by atoms with Crippen LogP contribution in [0.1, 0.15) is 17.0 Å². The van der Waals surface area contributed by atoms with Crippen LogP contribution in [0.3, 0.4) is 0 Å². The van der Waals surface area contributed by atoms with Gasteiger partial charge in [0.05, 0.1) is 11.1 Å². The lowest BCUT2D eigenvalue weighted by Crippen LogP contribution is -2.06. The molecule has 0 aliphatic rings. The van der Waals surface area contributed by atoms with Crippen molar-refractivity contribution in [3.8, 4) is 16.9 Å². The van der Waals surface area contributed by atoms with Crippen LogP contribution >= 0.6 is 0 Å². The van der Waals surface area contributed by atoms with Crippen molar-refractivity contribution < 1.29 is 18.3 Å². The van der Waals surface area contributed by atoms with Crippen molar-refractivity contribution in [3.05, 3.63) is 65.5 Å². The van der Waals surface area contributed by atoms with Gasteiger partial charge < -0.3 is 5.11 Å². The number of nitrogens with zero attached hydrogens (tertiary/aromatic N) is 2. The maximum Gasteiger partial charge on any atom is 0.417 e. The van der Waals surface area contributed by atoms with E-state index in [1.807, 2.05) is 6.07 Å². The number of alkyl halides is 3. The maximum absolute atomic E-state index is 13.4. The molecule has 0 atom stereocenters. The maximum atomic E-state index is 13.4. The molecule has 0 saturated heterocycles. The van der Waals surface area contributed by atoms with Gasteiger partial charge in [-0.05, 0) is 44.2 Å². The van der Waals surface area contributed by atoms with Crippen LogP contribution in [0, 0.1) is 13.8 Å². The Morgan fingerprint density at radius 3 is 2.26 bits per heavy atom. The van der Waals surface area contributed by atoms with Gasteiger partial charge in [0.25, 0.3) is 0 Å². The molecular formula is C21H15F3N2O. The van der Waals surface area contributed by atoms with Crippen LogP contribution in [0.25, 0.3) is 32.9 Å². The van der Waals surface area contributed by atoms with E-state index in [0.29, 0.717) is 38.9 Å². The van der Waals surface area contributed by atoms with Gasteiger partial charge in [-0.25, -0.2) is 4.98 Å². The highest BCUT2D eigenvalue weighted by Gasteiger charge is 2.32. The van der Waals surface area contributed by atoms with Crippen LogP contribution in [-0.4, -0.2) is 15.1 Å². The molecular weight excluding hydrogens is 353 g/mol. The van der Waals surface area contributed by atoms with Crippen molar-refractivity contribution in [1.29, 1.82) is 0 Å². The fraction of sp³-hybridized carbons (Fsp3) is 0.143. The van der Waals surface area contributed by atoms with Crippen LogP contribution in [-0.2, 0) is 6.18 Å². The van der Waals surface area contributed by atoms with E-state index in [4.69, 9.17) is 0 Å². The lowest BCUT2D eigenvalue weighted by atomic mass is 9.97. The number of benzene rings is 2. The number of aryl methyl sites for hydroxylation is 2. The Bertz CT molecular complexity index is 1200. The van der Waals surface area contributed by atoms with E-state index in [-0.39, 0.29) is 11.1 Å². The van der Waals surface area contributed by atoms with Gasteiger partial charge in [-0.3, -0.25) is 4.98 Å². The Kier molecular flexibility index (Phi) is 3.80. The Labute approximate surface area is 153 Å². The van der Waals surface area contributed by atoms with Gasteiger partial charge in [-0.2, -0.15) is 13.2 Å². The minimum absolute atomic E-state index is 0.0565. The summed E-state index contributed by atoms with van der Waals surface area (Å²) in [7, 11) is 0. The van der Waals surface area contributed by atoms with E-state index in [2.05, 4.69) is 9.97 Å². The standard InChI is InChI=1S/C21H15F3N2O/c1-11-15(10-16-17(21(22,23)24)6-4-7-18(16)25-11)14-9-13-5-3-8-19(27)20(13)26-12(14)2/h3-10,27H,1-2H3. The third kappa shape index (κ3) is 2.87. The molecule has 0 fully saturated rings. The fourth-order valence-electron chi connectivity index (χ4n) is 3.36. The summed E-state index contributed by atoms with van der Waals surface area (Å²) in [6.07, 6.45) is -4.46. The van der Waals surface area contributed by atoms with Crippen LogP contribution in [0.5, 0.6) is 5.75 Å². The average Bonchev–Trinajstić information content (AvgIpc) is 2.60. The summed E-state index contributed by atoms with van der Waals surface area (Å²) >= 11 is 0. The zero-order chi connectivity index (χ0) is 19.3. The third-order valence-corrected chi connectivity index (χ3v) is 4.66. The first-order valence-corrected chi connectivity index (χ1v) is 8.33. The minimum atomic E-state index is -4.46. The number of phenolic OH excluding ortho intramolecular Hbond substituents is 1. The van der Waals surface area contributed by atoms with Crippen LogP contribution in [0.4, 0.5) is 13.2 Å². The summed E-state index contributed by atoms with van der Waals surface area (Å²) in [5, 5.41) is 10.7. The van der Waals surface area contributed by atoms with Gasteiger partial charge in [-0.1, -0.05) is 18.2 Å². The second-order valence-electron chi connectivity index (χ2n) is 6.46. The van der Waals surface area contributed by atoms with Gasteiger partial charge in [0.1, 0.15) is 11.3 Å². The summed E-state index contributed by atoms with van der Waals surface area (Å²) < 4.78 is 40.2. The highest BCUT2D eigenvalue weighted by molar-refractivity contribution is 5.92. The largest absolute Gasteiger partial charge is 0.506 e. The number of para-hydroxylation sites is 1. The van der Waals surface area contributed by atoms with E-state index in [0.717, 1.165) is 6.07 Å². The highest BCUT2D eigenvalue weighted by Crippen LogP contribution is 2.38. The van der Waals surface area contributed by atoms with Gasteiger partial charge in [0.15, 0.2) is 0 Å². The summed E-state index contributed by atoms with van der Waals surface area (Å²) in [4.78, 5) is 8.83. The molecule has 4 aromatic rings. The number of aromatic hydroxyl groups is 1. The van der Waals surface area contributed by atoms with Crippen molar-refractivity contribution in [2.75, 3.05) is 0 Å². The smallest absolute Gasteiger partial charge is 0.417 e. The number of hydrogen-bond donors (Lipinski definition) is 1. The predicted molar refractivity (Wildman–Crippen MR) is 98.6 cm³/mol. The normalized spacial score (nSPS) is 12.0. The van der Waals surface area contributed by atoms with Crippen LogP contribution < -0.4 is 0 Å². The number of aromatic nitrogens is 2. The minimum Gasteiger partial charge on any atom is -0.506 e. The lowest BCUT2D eigenvalue weighted by Gasteiger charge is -2.15. The molecule has 136 valence electrons. The topological polar surface area (TPSA) is 46.0 Å². The molecule has 0 amide bonds. The van der Waals surface area contributed by atoms with E-state index in [9.17, 15) is 18.3 Å². The molecule has 0 radical (unpaired) electrons. The molecule has 0 aliphatic carbocycles. The van der Waals surface area contributed by atoms with E-state index in [1.54, 1.807) is 38.1 Å². The van der Waals surface area contributed by atoms with Crippen LogP contribution in [0.2, 0.25) is 0 Å². The molecule has 2 aromatic heterocycles. The van der Waals surface area contributed by atoms with Crippen molar-refractivity contribution >= 4 is 21.8 Å². The molecule has 3 nitrogen and oxygen atoms in total. The number of halogens is 3. The molecule has 0 aliphatic heterocycles. The van der Waals surface area contributed by atoms with Crippen molar-refractivity contribution in [1.82, 2.24) is 9.97 Å².